The Kier molecular flexibility index (Phi) is 4.01. The zero-order chi connectivity index (χ0) is 13.8. The summed E-state index contributed by atoms with van der Waals surface area (Å²) < 4.78 is 0. The van der Waals surface area contributed by atoms with Gasteiger partial charge in [0.1, 0.15) is 0 Å². The highest BCUT2D eigenvalue weighted by Gasteiger charge is 2.24. The quantitative estimate of drug-likeness (QED) is 0.740. The van der Waals surface area contributed by atoms with E-state index in [2.05, 4.69) is 5.32 Å². The van der Waals surface area contributed by atoms with Gasteiger partial charge in [0.15, 0.2) is 0 Å². The Bertz CT molecular complexity index is 490. The third-order valence-corrected chi connectivity index (χ3v) is 3.15. The molecule has 0 aliphatic carbocycles. The number of rotatable bonds is 5. The number of benzene rings is 1. The Labute approximate surface area is 111 Å². The Morgan fingerprint density at radius 1 is 1.47 bits per heavy atom. The van der Waals surface area contributed by atoms with E-state index in [1.165, 1.54) is 0 Å². The minimum Gasteiger partial charge on any atom is -0.481 e. The van der Waals surface area contributed by atoms with E-state index in [0.29, 0.717) is 19.5 Å². The van der Waals surface area contributed by atoms with Crippen LogP contribution in [0.4, 0.5) is 10.5 Å². The molecule has 1 heterocycles. The number of urea groups is 1. The second-order valence-electron chi connectivity index (χ2n) is 4.48. The van der Waals surface area contributed by atoms with Gasteiger partial charge in [0.2, 0.25) is 0 Å². The largest absolute Gasteiger partial charge is 0.481 e. The van der Waals surface area contributed by atoms with Crippen molar-refractivity contribution in [2.24, 2.45) is 5.73 Å². The molecule has 0 radical (unpaired) electrons. The highest BCUT2D eigenvalue weighted by atomic mass is 16.4. The number of hydrogen-bond donors (Lipinski definition) is 3. The number of nitrogens with zero attached hydrogens (tertiary/aromatic N) is 1. The van der Waals surface area contributed by atoms with Crippen molar-refractivity contribution in [3.63, 3.8) is 0 Å². The lowest BCUT2D eigenvalue weighted by Gasteiger charge is -2.21. The van der Waals surface area contributed by atoms with Crippen molar-refractivity contribution in [2.45, 2.75) is 18.9 Å². The van der Waals surface area contributed by atoms with Gasteiger partial charge in [-0.15, -0.1) is 0 Å². The van der Waals surface area contributed by atoms with Crippen molar-refractivity contribution in [1.82, 2.24) is 5.32 Å². The van der Waals surface area contributed by atoms with Gasteiger partial charge in [0, 0.05) is 25.6 Å². The molecule has 6 heteroatoms. The van der Waals surface area contributed by atoms with Crippen LogP contribution < -0.4 is 16.0 Å². The third-order valence-electron chi connectivity index (χ3n) is 3.15. The molecular formula is C13H17N3O3. The van der Waals surface area contributed by atoms with Crippen molar-refractivity contribution in [3.8, 4) is 0 Å². The normalized spacial score (nSPS) is 16.3. The van der Waals surface area contributed by atoms with Gasteiger partial charge in [0.05, 0.1) is 5.69 Å². The van der Waals surface area contributed by atoms with Crippen molar-refractivity contribution < 1.29 is 14.7 Å². The molecule has 0 bridgehead atoms. The summed E-state index contributed by atoms with van der Waals surface area (Å²) in [5.74, 6) is -0.869. The maximum absolute atomic E-state index is 11.7. The van der Waals surface area contributed by atoms with Crippen LogP contribution in [0.5, 0.6) is 0 Å². The maximum Gasteiger partial charge on any atom is 0.322 e. The first-order chi connectivity index (χ1) is 9.09. The Morgan fingerprint density at radius 3 is 2.84 bits per heavy atom. The van der Waals surface area contributed by atoms with E-state index in [-0.39, 0.29) is 18.5 Å². The highest BCUT2D eigenvalue weighted by molar-refractivity contribution is 5.94. The number of nitrogens with one attached hydrogen (secondary N) is 1. The predicted octanol–water partition coefficient (Wildman–Crippen LogP) is 1.08. The van der Waals surface area contributed by atoms with Crippen LogP contribution in [0.15, 0.2) is 24.3 Å². The van der Waals surface area contributed by atoms with Gasteiger partial charge in [-0.2, -0.15) is 0 Å². The van der Waals surface area contributed by atoms with Crippen LogP contribution in [0.3, 0.4) is 0 Å². The number of carbonyl (C=O) groups is 2. The zero-order valence-corrected chi connectivity index (χ0v) is 10.5. The summed E-state index contributed by atoms with van der Waals surface area (Å²) in [6, 6.07) is 6.83. The van der Waals surface area contributed by atoms with Gasteiger partial charge in [-0.05, 0) is 18.1 Å². The van der Waals surface area contributed by atoms with Crippen LogP contribution in [0.25, 0.3) is 0 Å². The van der Waals surface area contributed by atoms with Crippen LogP contribution in [0.2, 0.25) is 0 Å². The van der Waals surface area contributed by atoms with Gasteiger partial charge in [-0.25, -0.2) is 4.79 Å². The first kappa shape index (κ1) is 13.4. The molecule has 19 heavy (non-hydrogen) atoms. The van der Waals surface area contributed by atoms with Gasteiger partial charge in [-0.1, -0.05) is 18.2 Å². The van der Waals surface area contributed by atoms with E-state index in [1.54, 1.807) is 4.90 Å². The summed E-state index contributed by atoms with van der Waals surface area (Å²) in [7, 11) is 0. The molecule has 2 amide bonds. The minimum atomic E-state index is -0.869. The van der Waals surface area contributed by atoms with Crippen molar-refractivity contribution in [1.29, 1.82) is 0 Å². The molecule has 1 unspecified atom stereocenters. The van der Waals surface area contributed by atoms with Gasteiger partial charge in [0.25, 0.3) is 0 Å². The number of para-hydroxylation sites is 1. The molecule has 0 aromatic heterocycles. The summed E-state index contributed by atoms with van der Waals surface area (Å²) >= 11 is 0. The lowest BCUT2D eigenvalue weighted by molar-refractivity contribution is -0.137. The van der Waals surface area contributed by atoms with Crippen LogP contribution in [0.1, 0.15) is 24.4 Å². The van der Waals surface area contributed by atoms with Crippen molar-refractivity contribution in [3.05, 3.63) is 29.8 Å². The van der Waals surface area contributed by atoms with E-state index in [1.807, 2.05) is 24.3 Å². The number of anilines is 1. The average molecular weight is 263 g/mol. The van der Waals surface area contributed by atoms with Crippen molar-refractivity contribution in [2.75, 3.05) is 18.0 Å². The monoisotopic (exact) mass is 263 g/mol. The topological polar surface area (TPSA) is 95.7 Å². The fourth-order valence-corrected chi connectivity index (χ4v) is 2.18. The molecule has 6 nitrogen and oxygen atoms in total. The molecule has 1 fully saturated rings. The summed E-state index contributed by atoms with van der Waals surface area (Å²) in [6.45, 7) is 1.21. The van der Waals surface area contributed by atoms with Crippen LogP contribution >= 0.6 is 0 Å². The van der Waals surface area contributed by atoms with Gasteiger partial charge >= 0.3 is 12.0 Å². The first-order valence-corrected chi connectivity index (χ1v) is 6.21. The first-order valence-electron chi connectivity index (χ1n) is 6.21. The molecule has 1 atom stereocenters. The second kappa shape index (κ2) is 5.71. The smallest absolute Gasteiger partial charge is 0.322 e. The standard InChI is InChI=1S/C13H17N3O3/c14-10(5-6-12(17)18)9-3-1-2-4-11(9)16-8-7-15-13(16)19/h1-4,10H,5-8,14H2,(H,15,19)(H,17,18). The lowest BCUT2D eigenvalue weighted by atomic mass is 10.0. The van der Waals surface area contributed by atoms with Crippen LogP contribution in [-0.4, -0.2) is 30.2 Å². The molecule has 0 saturated carbocycles. The Hall–Kier alpha value is -2.08. The highest BCUT2D eigenvalue weighted by Crippen LogP contribution is 2.28. The number of carboxylic acid groups (broad SMARTS) is 1. The molecule has 1 saturated heterocycles. The lowest BCUT2D eigenvalue weighted by Crippen LogP contribution is -2.29. The van der Waals surface area contributed by atoms with Gasteiger partial charge < -0.3 is 16.2 Å². The summed E-state index contributed by atoms with van der Waals surface area (Å²) in [5.41, 5.74) is 7.60. The molecule has 2 rings (SSSR count). The molecule has 1 aliphatic heterocycles. The number of carbonyl (C=O) groups excluding carboxylic acids is 1. The second-order valence-corrected chi connectivity index (χ2v) is 4.48. The number of hydrogen-bond acceptors (Lipinski definition) is 3. The number of carboxylic acids is 1. The van der Waals surface area contributed by atoms with E-state index in [0.717, 1.165) is 11.3 Å². The van der Waals surface area contributed by atoms with E-state index in [4.69, 9.17) is 10.8 Å². The molecule has 1 aliphatic rings. The maximum atomic E-state index is 11.7. The molecule has 1 aromatic rings. The number of nitrogens with two attached hydrogens (primary N) is 1. The Balaban J connectivity index is 2.20. The van der Waals surface area contributed by atoms with E-state index in [9.17, 15) is 9.59 Å². The average Bonchev–Trinajstić information content (AvgIpc) is 2.82. The molecule has 1 aromatic carbocycles. The minimum absolute atomic E-state index is 0.0156. The third kappa shape index (κ3) is 3.03. The number of amides is 2. The van der Waals surface area contributed by atoms with E-state index >= 15 is 0 Å². The summed E-state index contributed by atoms with van der Waals surface area (Å²) in [4.78, 5) is 23.9. The summed E-state index contributed by atoms with van der Waals surface area (Å²) in [6.07, 6.45) is 0.365. The number of aliphatic carboxylic acids is 1. The molecule has 102 valence electrons. The fourth-order valence-electron chi connectivity index (χ4n) is 2.18. The van der Waals surface area contributed by atoms with Gasteiger partial charge in [-0.3, -0.25) is 9.69 Å². The van der Waals surface area contributed by atoms with Crippen LogP contribution in [0, 0.1) is 0 Å². The molecule has 0 spiro atoms. The Morgan fingerprint density at radius 2 is 2.21 bits per heavy atom. The van der Waals surface area contributed by atoms with Crippen molar-refractivity contribution >= 4 is 17.7 Å². The molecule has 4 N–H and O–H groups in total. The SMILES string of the molecule is NC(CCC(=O)O)c1ccccc1N1CCNC1=O. The van der Waals surface area contributed by atoms with E-state index < -0.39 is 5.97 Å². The summed E-state index contributed by atoms with van der Waals surface area (Å²) in [5, 5.41) is 11.4. The van der Waals surface area contributed by atoms with Crippen LogP contribution in [-0.2, 0) is 4.79 Å². The predicted molar refractivity (Wildman–Crippen MR) is 71.0 cm³/mol. The molecular weight excluding hydrogens is 246 g/mol. The fraction of sp³-hybridized carbons (Fsp3) is 0.385. The zero-order valence-electron chi connectivity index (χ0n) is 10.5.